The third kappa shape index (κ3) is 4.27. The minimum absolute atomic E-state index is 0.0381. The standard InChI is InChI=1S/C24H27BrFN3O3/c1-16(26)5-8-20(30)29(19-4-2-3-18(25)13-19)14-23-9-11-24(12-10-23,31-15-23)22-27-21(28-32-22)17-6-7-17/h2-4,13,17H,1,5-12,14-15H2. The molecule has 2 saturated carbocycles. The topological polar surface area (TPSA) is 68.5 Å². The highest BCUT2D eigenvalue weighted by molar-refractivity contribution is 9.10. The van der Waals surface area contributed by atoms with Gasteiger partial charge in [-0.2, -0.15) is 4.98 Å². The molecular formula is C24H27BrFN3O3. The maximum absolute atomic E-state index is 13.2. The van der Waals surface area contributed by atoms with Gasteiger partial charge in [-0.05, 0) is 56.7 Å². The van der Waals surface area contributed by atoms with Crippen LogP contribution < -0.4 is 4.90 Å². The molecule has 0 spiro atoms. The molecule has 2 aliphatic heterocycles. The van der Waals surface area contributed by atoms with Crippen molar-refractivity contribution in [1.82, 2.24) is 10.1 Å². The first kappa shape index (κ1) is 21.8. The molecule has 6 nitrogen and oxygen atoms in total. The van der Waals surface area contributed by atoms with Gasteiger partial charge in [0.1, 0.15) is 5.60 Å². The third-order valence-corrected chi connectivity index (χ3v) is 7.56. The summed E-state index contributed by atoms with van der Waals surface area (Å²) in [5, 5.41) is 4.17. The Labute approximate surface area is 195 Å². The Morgan fingerprint density at radius 3 is 2.66 bits per heavy atom. The molecule has 0 atom stereocenters. The number of allylic oxidation sites excluding steroid dienone is 1. The Balaban J connectivity index is 1.33. The Hall–Kier alpha value is -2.06. The van der Waals surface area contributed by atoms with Gasteiger partial charge >= 0.3 is 0 Å². The molecule has 2 bridgehead atoms. The highest BCUT2D eigenvalue weighted by Gasteiger charge is 2.54. The number of hydrogen-bond donors (Lipinski definition) is 0. The SMILES string of the molecule is C=C(F)CCC(=O)N(CC12CCC(c3nc(C4CC4)no3)(CC1)OC2)c1cccc(Br)c1. The Bertz CT molecular complexity index is 1010. The van der Waals surface area contributed by atoms with Crippen LogP contribution in [0.5, 0.6) is 0 Å². The van der Waals surface area contributed by atoms with E-state index >= 15 is 0 Å². The van der Waals surface area contributed by atoms with Crippen LogP contribution in [0.15, 0.2) is 45.7 Å². The first-order chi connectivity index (χ1) is 15.4. The lowest BCUT2D eigenvalue weighted by atomic mass is 9.65. The van der Waals surface area contributed by atoms with Crippen molar-refractivity contribution in [2.75, 3.05) is 18.1 Å². The number of amides is 1. The first-order valence-electron chi connectivity index (χ1n) is 11.3. The molecular weight excluding hydrogens is 477 g/mol. The van der Waals surface area contributed by atoms with Gasteiger partial charge in [0.25, 0.3) is 5.89 Å². The second-order valence-corrected chi connectivity index (χ2v) is 10.4. The summed E-state index contributed by atoms with van der Waals surface area (Å²) < 4.78 is 26.1. The number of nitrogens with zero attached hydrogens (tertiary/aromatic N) is 3. The molecule has 1 amide bonds. The van der Waals surface area contributed by atoms with Gasteiger partial charge < -0.3 is 14.2 Å². The van der Waals surface area contributed by atoms with Crippen molar-refractivity contribution in [2.45, 2.75) is 62.9 Å². The predicted octanol–water partition coefficient (Wildman–Crippen LogP) is 5.79. The van der Waals surface area contributed by atoms with Crippen LogP contribution in [0.3, 0.4) is 0 Å². The smallest absolute Gasteiger partial charge is 0.258 e. The summed E-state index contributed by atoms with van der Waals surface area (Å²) in [6.07, 6.45) is 5.78. The lowest BCUT2D eigenvalue weighted by Gasteiger charge is -2.52. The minimum Gasteiger partial charge on any atom is -0.364 e. The average molecular weight is 504 g/mol. The van der Waals surface area contributed by atoms with Crippen LogP contribution in [-0.4, -0.2) is 29.2 Å². The van der Waals surface area contributed by atoms with E-state index in [4.69, 9.17) is 9.26 Å². The number of rotatable bonds is 8. The van der Waals surface area contributed by atoms with Crippen LogP contribution >= 0.6 is 15.9 Å². The van der Waals surface area contributed by atoms with E-state index < -0.39 is 11.4 Å². The highest BCUT2D eigenvalue weighted by atomic mass is 79.9. The Morgan fingerprint density at radius 2 is 2.03 bits per heavy atom. The summed E-state index contributed by atoms with van der Waals surface area (Å²) in [4.78, 5) is 19.5. The summed E-state index contributed by atoms with van der Waals surface area (Å²) >= 11 is 3.49. The fraction of sp³-hybridized carbons (Fsp3) is 0.542. The fourth-order valence-corrected chi connectivity index (χ4v) is 5.24. The molecule has 0 radical (unpaired) electrons. The van der Waals surface area contributed by atoms with Crippen molar-refractivity contribution in [3.05, 3.63) is 52.9 Å². The Kier molecular flexibility index (Phi) is 5.70. The second kappa shape index (κ2) is 8.37. The number of aromatic nitrogens is 2. The zero-order valence-corrected chi connectivity index (χ0v) is 19.6. The van der Waals surface area contributed by atoms with Gasteiger partial charge in [0.15, 0.2) is 5.82 Å². The monoisotopic (exact) mass is 503 g/mol. The maximum Gasteiger partial charge on any atom is 0.258 e. The fourth-order valence-electron chi connectivity index (χ4n) is 4.85. The van der Waals surface area contributed by atoms with Gasteiger partial charge in [0.05, 0.1) is 12.4 Å². The molecule has 1 aromatic heterocycles. The van der Waals surface area contributed by atoms with Crippen LogP contribution in [0.1, 0.15) is 69.0 Å². The number of fused-ring (bicyclic) bond motifs is 3. The van der Waals surface area contributed by atoms with Crippen LogP contribution in [0, 0.1) is 5.41 Å². The summed E-state index contributed by atoms with van der Waals surface area (Å²) in [6.45, 7) is 4.36. The lowest BCUT2D eigenvalue weighted by Crippen LogP contribution is -2.54. The molecule has 8 heteroatoms. The van der Waals surface area contributed by atoms with E-state index in [9.17, 15) is 9.18 Å². The van der Waals surface area contributed by atoms with Gasteiger partial charge in [0, 0.05) is 40.9 Å². The molecule has 6 rings (SSSR count). The lowest BCUT2D eigenvalue weighted by molar-refractivity contribution is -0.198. The van der Waals surface area contributed by atoms with Crippen LogP contribution in [-0.2, 0) is 15.1 Å². The number of hydrogen-bond acceptors (Lipinski definition) is 5. The number of benzene rings is 1. The van der Waals surface area contributed by atoms with Crippen molar-refractivity contribution in [1.29, 1.82) is 0 Å². The van der Waals surface area contributed by atoms with Crippen molar-refractivity contribution >= 4 is 27.5 Å². The number of ether oxygens (including phenoxy) is 1. The van der Waals surface area contributed by atoms with Gasteiger partial charge in [-0.3, -0.25) is 4.79 Å². The molecule has 0 N–H and O–H groups in total. The van der Waals surface area contributed by atoms with Crippen molar-refractivity contribution in [2.24, 2.45) is 5.41 Å². The van der Waals surface area contributed by atoms with Crippen molar-refractivity contribution < 1.29 is 18.4 Å². The van der Waals surface area contributed by atoms with E-state index in [0.717, 1.165) is 54.5 Å². The quantitative estimate of drug-likeness (QED) is 0.455. The van der Waals surface area contributed by atoms with Gasteiger partial charge in [0.2, 0.25) is 5.91 Å². The second-order valence-electron chi connectivity index (χ2n) is 9.49. The van der Waals surface area contributed by atoms with Crippen molar-refractivity contribution in [3.8, 4) is 0 Å². The molecule has 4 fully saturated rings. The van der Waals surface area contributed by atoms with E-state index in [0.29, 0.717) is 25.0 Å². The largest absolute Gasteiger partial charge is 0.364 e. The Morgan fingerprint density at radius 1 is 1.25 bits per heavy atom. The number of anilines is 1. The van der Waals surface area contributed by atoms with Gasteiger partial charge in [-0.25, -0.2) is 4.39 Å². The zero-order chi connectivity index (χ0) is 22.3. The zero-order valence-electron chi connectivity index (χ0n) is 18.0. The summed E-state index contributed by atoms with van der Waals surface area (Å²) in [7, 11) is 0. The van der Waals surface area contributed by atoms with E-state index in [1.807, 2.05) is 24.3 Å². The summed E-state index contributed by atoms with van der Waals surface area (Å²) in [6, 6.07) is 7.67. The maximum atomic E-state index is 13.2. The summed E-state index contributed by atoms with van der Waals surface area (Å²) in [5.41, 5.74) is 0.154. The van der Waals surface area contributed by atoms with E-state index in [2.05, 4.69) is 32.6 Å². The predicted molar refractivity (Wildman–Crippen MR) is 121 cm³/mol. The van der Waals surface area contributed by atoms with Crippen LogP contribution in [0.2, 0.25) is 0 Å². The molecule has 2 saturated heterocycles. The molecule has 1 aromatic carbocycles. The average Bonchev–Trinajstić information content (AvgIpc) is 3.53. The number of carbonyl (C=O) groups excluding carboxylic acids is 1. The molecule has 2 aliphatic carbocycles. The van der Waals surface area contributed by atoms with E-state index in [-0.39, 0.29) is 24.2 Å². The van der Waals surface area contributed by atoms with E-state index in [1.54, 1.807) is 4.90 Å². The van der Waals surface area contributed by atoms with Crippen LogP contribution in [0.4, 0.5) is 10.1 Å². The molecule has 2 aromatic rings. The normalized spacial score (nSPS) is 26.8. The van der Waals surface area contributed by atoms with Gasteiger partial charge in [-0.1, -0.05) is 33.7 Å². The molecule has 0 unspecified atom stereocenters. The number of halogens is 2. The summed E-state index contributed by atoms with van der Waals surface area (Å²) in [5.74, 6) is 1.28. The first-order valence-corrected chi connectivity index (χ1v) is 12.0. The number of carbonyl (C=O) groups is 1. The van der Waals surface area contributed by atoms with Crippen molar-refractivity contribution in [3.63, 3.8) is 0 Å². The minimum atomic E-state index is -0.502. The molecule has 3 heterocycles. The van der Waals surface area contributed by atoms with Crippen LogP contribution in [0.25, 0.3) is 0 Å². The third-order valence-electron chi connectivity index (χ3n) is 7.07. The molecule has 32 heavy (non-hydrogen) atoms. The highest BCUT2D eigenvalue weighted by Crippen LogP contribution is 2.54. The molecule has 170 valence electrons. The van der Waals surface area contributed by atoms with Gasteiger partial charge in [-0.15, -0.1) is 0 Å². The van der Waals surface area contributed by atoms with E-state index in [1.165, 1.54) is 0 Å². The molecule has 4 aliphatic rings.